The molecule has 3 rings (SSSR count). The third-order valence-corrected chi connectivity index (χ3v) is 4.06. The fraction of sp³-hybridized carbons (Fsp3) is 0.333. The molecule has 1 N–H and O–H groups in total. The highest BCUT2D eigenvalue weighted by Crippen LogP contribution is 2.23. The number of ether oxygens (including phenoxy) is 1. The van der Waals surface area contributed by atoms with Gasteiger partial charge in [-0.1, -0.05) is 6.07 Å². The first kappa shape index (κ1) is 16.4. The lowest BCUT2D eigenvalue weighted by atomic mass is 10.1. The van der Waals surface area contributed by atoms with Crippen LogP contribution in [0.3, 0.4) is 0 Å². The third-order valence-electron chi connectivity index (χ3n) is 4.06. The number of aromatic nitrogens is 1. The number of likely N-dealkylation sites (tertiary alicyclic amines) is 1. The van der Waals surface area contributed by atoms with Gasteiger partial charge in [0.15, 0.2) is 0 Å². The molecule has 0 bridgehead atoms. The molecule has 1 aliphatic rings. The van der Waals surface area contributed by atoms with E-state index in [1.54, 1.807) is 23.2 Å². The van der Waals surface area contributed by atoms with E-state index in [2.05, 4.69) is 4.98 Å². The molecule has 0 saturated carbocycles. The normalized spacial score (nSPS) is 20.2. The summed E-state index contributed by atoms with van der Waals surface area (Å²) in [4.78, 5) is 18.1. The average Bonchev–Trinajstić information content (AvgIpc) is 2.98. The number of nitrogens with zero attached hydrogens (tertiary/aromatic N) is 2. The van der Waals surface area contributed by atoms with Gasteiger partial charge in [-0.2, -0.15) is 0 Å². The van der Waals surface area contributed by atoms with E-state index in [-0.39, 0.29) is 31.3 Å². The Morgan fingerprint density at radius 1 is 1.29 bits per heavy atom. The first-order valence-corrected chi connectivity index (χ1v) is 7.83. The number of β-amino-alcohol motifs (C(OH)–C–C–N with tert-alkyl or cyclic N) is 1. The SMILES string of the molecule is O=C(Cc1ccccn1)N1CC[C@@](O)(COc2ccc(F)cc2)C1. The quantitative estimate of drug-likeness (QED) is 0.908. The molecule has 0 unspecified atom stereocenters. The number of carbonyl (C=O) groups is 1. The maximum absolute atomic E-state index is 12.9. The molecule has 0 aliphatic carbocycles. The number of pyridine rings is 1. The molecule has 1 fully saturated rings. The van der Waals surface area contributed by atoms with Gasteiger partial charge in [0, 0.05) is 18.4 Å². The summed E-state index contributed by atoms with van der Waals surface area (Å²) >= 11 is 0. The van der Waals surface area contributed by atoms with E-state index in [0.717, 1.165) is 0 Å². The number of amides is 1. The first-order chi connectivity index (χ1) is 11.5. The molecule has 1 atom stereocenters. The molecule has 1 aromatic heterocycles. The summed E-state index contributed by atoms with van der Waals surface area (Å²) < 4.78 is 18.4. The molecule has 6 heteroatoms. The van der Waals surface area contributed by atoms with E-state index in [1.807, 2.05) is 6.07 Å². The van der Waals surface area contributed by atoms with Crippen LogP contribution in [0.2, 0.25) is 0 Å². The van der Waals surface area contributed by atoms with Crippen LogP contribution in [-0.2, 0) is 11.2 Å². The molecule has 5 nitrogen and oxygen atoms in total. The van der Waals surface area contributed by atoms with Crippen molar-refractivity contribution in [1.29, 1.82) is 0 Å². The molecular weight excluding hydrogens is 311 g/mol. The van der Waals surface area contributed by atoms with Gasteiger partial charge < -0.3 is 14.7 Å². The predicted octanol–water partition coefficient (Wildman–Crippen LogP) is 1.81. The fourth-order valence-corrected chi connectivity index (χ4v) is 2.71. The predicted molar refractivity (Wildman–Crippen MR) is 86.0 cm³/mol. The van der Waals surface area contributed by atoms with Gasteiger partial charge >= 0.3 is 0 Å². The average molecular weight is 330 g/mol. The van der Waals surface area contributed by atoms with Crippen molar-refractivity contribution in [3.05, 3.63) is 60.2 Å². The van der Waals surface area contributed by atoms with E-state index < -0.39 is 5.60 Å². The Hall–Kier alpha value is -2.47. The van der Waals surface area contributed by atoms with E-state index >= 15 is 0 Å². The maximum Gasteiger partial charge on any atom is 0.228 e. The zero-order chi connectivity index (χ0) is 17.0. The Morgan fingerprint density at radius 3 is 2.79 bits per heavy atom. The lowest BCUT2D eigenvalue weighted by Gasteiger charge is -2.23. The maximum atomic E-state index is 12.9. The fourth-order valence-electron chi connectivity index (χ4n) is 2.71. The van der Waals surface area contributed by atoms with Gasteiger partial charge in [0.25, 0.3) is 0 Å². The zero-order valence-electron chi connectivity index (χ0n) is 13.2. The lowest BCUT2D eigenvalue weighted by molar-refractivity contribution is -0.130. The van der Waals surface area contributed by atoms with E-state index in [1.165, 1.54) is 24.3 Å². The second-order valence-electron chi connectivity index (χ2n) is 6.03. The minimum Gasteiger partial charge on any atom is -0.491 e. The van der Waals surface area contributed by atoms with Crippen molar-refractivity contribution in [3.63, 3.8) is 0 Å². The van der Waals surface area contributed by atoms with Crippen molar-refractivity contribution in [2.45, 2.75) is 18.4 Å². The molecule has 0 radical (unpaired) electrons. The molecule has 0 spiro atoms. The largest absolute Gasteiger partial charge is 0.491 e. The number of aliphatic hydroxyl groups is 1. The van der Waals surface area contributed by atoms with Gasteiger partial charge in [-0.15, -0.1) is 0 Å². The Kier molecular flexibility index (Phi) is 4.76. The molecule has 1 saturated heterocycles. The number of hydrogen-bond donors (Lipinski definition) is 1. The highest BCUT2D eigenvalue weighted by Gasteiger charge is 2.38. The van der Waals surface area contributed by atoms with Crippen LogP contribution >= 0.6 is 0 Å². The van der Waals surface area contributed by atoms with Crippen LogP contribution in [0.5, 0.6) is 5.75 Å². The molecule has 1 aliphatic heterocycles. The number of halogens is 1. The van der Waals surface area contributed by atoms with Crippen LogP contribution in [0.25, 0.3) is 0 Å². The topological polar surface area (TPSA) is 62.7 Å². The van der Waals surface area contributed by atoms with Gasteiger partial charge in [0.2, 0.25) is 5.91 Å². The second-order valence-corrected chi connectivity index (χ2v) is 6.03. The van der Waals surface area contributed by atoms with Gasteiger partial charge in [0.1, 0.15) is 23.8 Å². The smallest absolute Gasteiger partial charge is 0.228 e. The summed E-state index contributed by atoms with van der Waals surface area (Å²) in [6.45, 7) is 0.765. The Balaban J connectivity index is 1.53. The van der Waals surface area contributed by atoms with Crippen molar-refractivity contribution >= 4 is 5.91 Å². The van der Waals surface area contributed by atoms with Crippen LogP contribution in [0.1, 0.15) is 12.1 Å². The van der Waals surface area contributed by atoms with Crippen molar-refractivity contribution in [2.75, 3.05) is 19.7 Å². The van der Waals surface area contributed by atoms with E-state index in [9.17, 15) is 14.3 Å². The molecule has 1 amide bonds. The van der Waals surface area contributed by atoms with Gasteiger partial charge in [-0.25, -0.2) is 4.39 Å². The number of carbonyl (C=O) groups excluding carboxylic acids is 1. The minimum atomic E-state index is -1.09. The van der Waals surface area contributed by atoms with Crippen molar-refractivity contribution in [3.8, 4) is 5.75 Å². The zero-order valence-corrected chi connectivity index (χ0v) is 13.2. The molecule has 24 heavy (non-hydrogen) atoms. The molecule has 2 heterocycles. The molecule has 126 valence electrons. The Bertz CT molecular complexity index is 693. The summed E-state index contributed by atoms with van der Waals surface area (Å²) in [6, 6.07) is 11.1. The summed E-state index contributed by atoms with van der Waals surface area (Å²) in [5.41, 5.74) is -0.380. The lowest BCUT2D eigenvalue weighted by Crippen LogP contribution is -2.41. The standard InChI is InChI=1S/C18H19FN2O3/c19-14-4-6-16(7-5-14)24-13-18(23)8-10-21(12-18)17(22)11-15-3-1-2-9-20-15/h1-7,9,23H,8,10-13H2/t18-/m0/s1. The summed E-state index contributed by atoms with van der Waals surface area (Å²) in [7, 11) is 0. The van der Waals surface area contributed by atoms with Crippen LogP contribution in [0.15, 0.2) is 48.7 Å². The van der Waals surface area contributed by atoms with Crippen LogP contribution in [0, 0.1) is 5.82 Å². The van der Waals surface area contributed by atoms with E-state index in [0.29, 0.717) is 24.4 Å². The number of hydrogen-bond acceptors (Lipinski definition) is 4. The van der Waals surface area contributed by atoms with Crippen LogP contribution in [-0.4, -0.2) is 46.2 Å². The Morgan fingerprint density at radius 2 is 2.08 bits per heavy atom. The Labute approximate surface area is 139 Å². The number of rotatable bonds is 5. The summed E-state index contributed by atoms with van der Waals surface area (Å²) in [6.07, 6.45) is 2.32. The van der Waals surface area contributed by atoms with Crippen molar-refractivity contribution < 1.29 is 19.0 Å². The first-order valence-electron chi connectivity index (χ1n) is 7.83. The molecular formula is C18H19FN2O3. The summed E-state index contributed by atoms with van der Waals surface area (Å²) in [5, 5.41) is 10.6. The van der Waals surface area contributed by atoms with Crippen molar-refractivity contribution in [2.24, 2.45) is 0 Å². The monoisotopic (exact) mass is 330 g/mol. The van der Waals surface area contributed by atoms with Crippen LogP contribution < -0.4 is 4.74 Å². The van der Waals surface area contributed by atoms with E-state index in [4.69, 9.17) is 4.74 Å². The minimum absolute atomic E-state index is 0.0615. The molecule has 2 aromatic rings. The molecule has 1 aromatic carbocycles. The van der Waals surface area contributed by atoms with Gasteiger partial charge in [-0.3, -0.25) is 9.78 Å². The highest BCUT2D eigenvalue weighted by atomic mass is 19.1. The summed E-state index contributed by atoms with van der Waals surface area (Å²) in [5.74, 6) is 0.0858. The van der Waals surface area contributed by atoms with Gasteiger partial charge in [0.05, 0.1) is 13.0 Å². The second kappa shape index (κ2) is 6.97. The highest BCUT2D eigenvalue weighted by molar-refractivity contribution is 5.78. The van der Waals surface area contributed by atoms with Crippen molar-refractivity contribution in [1.82, 2.24) is 9.88 Å². The van der Waals surface area contributed by atoms with Crippen LogP contribution in [0.4, 0.5) is 4.39 Å². The van der Waals surface area contributed by atoms with Gasteiger partial charge in [-0.05, 0) is 42.8 Å². The third kappa shape index (κ3) is 4.08. The number of benzene rings is 1.